The Morgan fingerprint density at radius 1 is 0.690 bits per heavy atom. The Bertz CT molecular complexity index is 473. The van der Waals surface area contributed by atoms with Gasteiger partial charge in [0.15, 0.2) is 0 Å². The summed E-state index contributed by atoms with van der Waals surface area (Å²) in [5.74, 6) is 0.412. The smallest absolute Gasteiger partial charge is 0.139 e. The van der Waals surface area contributed by atoms with E-state index in [4.69, 9.17) is 20.0 Å². The number of rotatable bonds is 19. The lowest BCUT2D eigenvalue weighted by molar-refractivity contribution is -0.338. The fourth-order valence-electron chi connectivity index (χ4n) is 2.46. The maximum atomic E-state index is 8.92. The summed E-state index contributed by atoms with van der Waals surface area (Å²) in [6.45, 7) is 4.28. The second kappa shape index (κ2) is 22.8. The van der Waals surface area contributed by atoms with Gasteiger partial charge in [0.05, 0.1) is 19.8 Å². The Hall–Kier alpha value is -1.46. The van der Waals surface area contributed by atoms with Gasteiger partial charge in [-0.2, -0.15) is 0 Å². The fourth-order valence-corrected chi connectivity index (χ4v) is 2.46. The van der Waals surface area contributed by atoms with Gasteiger partial charge in [0.1, 0.15) is 6.10 Å². The van der Waals surface area contributed by atoms with E-state index in [0.717, 1.165) is 51.4 Å². The largest absolute Gasteiger partial charge is 0.393 e. The normalized spacial score (nSPS) is 14.1. The van der Waals surface area contributed by atoms with Crippen LogP contribution >= 0.6 is 0 Å². The van der Waals surface area contributed by atoms with Gasteiger partial charge in [-0.25, -0.2) is 9.78 Å². The second-order valence-electron chi connectivity index (χ2n) is 6.93. The van der Waals surface area contributed by atoms with Crippen molar-refractivity contribution in [3.8, 4) is 0 Å². The molecule has 0 bridgehead atoms. The summed E-state index contributed by atoms with van der Waals surface area (Å²) in [4.78, 5) is 10.1. The van der Waals surface area contributed by atoms with Gasteiger partial charge in [-0.1, -0.05) is 81.0 Å². The molecule has 0 radical (unpaired) electrons. The van der Waals surface area contributed by atoms with Crippen molar-refractivity contribution < 1.29 is 20.0 Å². The average molecular weight is 407 g/mol. The molecule has 0 aromatic rings. The fraction of sp³-hybridized carbons (Fsp3) is 0.600. The summed E-state index contributed by atoms with van der Waals surface area (Å²) < 4.78 is 0. The molecule has 0 aliphatic heterocycles. The molecule has 0 heterocycles. The molecule has 0 fully saturated rings. The number of hydrogen-bond donors (Lipinski definition) is 2. The van der Waals surface area contributed by atoms with Crippen LogP contribution in [0.3, 0.4) is 0 Å². The van der Waals surface area contributed by atoms with Crippen LogP contribution in [0.4, 0.5) is 0 Å². The van der Waals surface area contributed by atoms with E-state index in [2.05, 4.69) is 74.6 Å². The van der Waals surface area contributed by atoms with Crippen LogP contribution in [0.5, 0.6) is 0 Å². The molecule has 0 aliphatic rings. The number of aliphatic hydroxyl groups is 2. The Morgan fingerprint density at radius 2 is 1.17 bits per heavy atom. The molecule has 2 N–H and O–H groups in total. The van der Waals surface area contributed by atoms with Gasteiger partial charge in [0.25, 0.3) is 0 Å². The number of allylic oxidation sites excluding steroid dienone is 10. The van der Waals surface area contributed by atoms with E-state index in [0.29, 0.717) is 12.5 Å². The number of hydrogen-bond acceptors (Lipinski definition) is 4. The Balaban J connectivity index is 3.70. The van der Waals surface area contributed by atoms with E-state index in [1.54, 1.807) is 0 Å². The molecule has 0 rings (SSSR count). The summed E-state index contributed by atoms with van der Waals surface area (Å²) in [7, 11) is 0. The zero-order valence-corrected chi connectivity index (χ0v) is 18.4. The van der Waals surface area contributed by atoms with E-state index >= 15 is 0 Å². The standard InChI is InChI=1S/C25H42O4/c1-3-5-6-7-8-9-10-11-12-13-14-15-16-17-18-19-20-24(4-2)23-28-29-25(21-26)22-27/h5-6,8-9,11-12,14-15,17-18,24-27H,3-4,7,10,13,16,19-23H2,1-2H3/b6-5-,9-8-,12-11-,15-14-,18-17-. The molecule has 0 amide bonds. The molecule has 0 aromatic heterocycles. The molecule has 4 heteroatoms. The van der Waals surface area contributed by atoms with Crippen molar-refractivity contribution in [2.75, 3.05) is 19.8 Å². The summed E-state index contributed by atoms with van der Waals surface area (Å²) in [6, 6.07) is 0. The van der Waals surface area contributed by atoms with Gasteiger partial charge in [0, 0.05) is 0 Å². The first-order valence-electron chi connectivity index (χ1n) is 11.0. The summed E-state index contributed by atoms with van der Waals surface area (Å²) >= 11 is 0. The van der Waals surface area contributed by atoms with E-state index in [1.807, 2.05) is 0 Å². The van der Waals surface area contributed by atoms with Crippen LogP contribution in [0.15, 0.2) is 60.8 Å². The maximum Gasteiger partial charge on any atom is 0.139 e. The van der Waals surface area contributed by atoms with Gasteiger partial charge < -0.3 is 10.2 Å². The Labute approximate surface area is 178 Å². The predicted octanol–water partition coefficient (Wildman–Crippen LogP) is 5.85. The third kappa shape index (κ3) is 19.6. The van der Waals surface area contributed by atoms with Crippen molar-refractivity contribution in [2.45, 2.75) is 71.3 Å². The Morgan fingerprint density at radius 3 is 1.62 bits per heavy atom. The maximum absolute atomic E-state index is 8.92. The molecular weight excluding hydrogens is 364 g/mol. The first-order valence-corrected chi connectivity index (χ1v) is 11.0. The zero-order valence-electron chi connectivity index (χ0n) is 18.4. The van der Waals surface area contributed by atoms with E-state index < -0.39 is 6.10 Å². The van der Waals surface area contributed by atoms with Crippen molar-refractivity contribution in [1.82, 2.24) is 0 Å². The molecule has 29 heavy (non-hydrogen) atoms. The zero-order chi connectivity index (χ0) is 21.4. The third-order valence-electron chi connectivity index (χ3n) is 4.39. The van der Waals surface area contributed by atoms with Crippen LogP contribution in [0.2, 0.25) is 0 Å². The highest BCUT2D eigenvalue weighted by atomic mass is 17.2. The summed E-state index contributed by atoms with van der Waals surface area (Å²) in [6.07, 6.45) is 29.5. The van der Waals surface area contributed by atoms with Crippen LogP contribution in [0.1, 0.15) is 65.2 Å². The summed E-state index contributed by atoms with van der Waals surface area (Å²) in [5.41, 5.74) is 0. The first kappa shape index (κ1) is 27.5. The van der Waals surface area contributed by atoms with Crippen molar-refractivity contribution in [3.63, 3.8) is 0 Å². The van der Waals surface area contributed by atoms with Crippen molar-refractivity contribution in [1.29, 1.82) is 0 Å². The van der Waals surface area contributed by atoms with Gasteiger partial charge in [-0.3, -0.25) is 0 Å². The van der Waals surface area contributed by atoms with Gasteiger partial charge >= 0.3 is 0 Å². The Kier molecular flexibility index (Phi) is 21.7. The van der Waals surface area contributed by atoms with Gasteiger partial charge in [-0.15, -0.1) is 0 Å². The minimum absolute atomic E-state index is 0.243. The highest BCUT2D eigenvalue weighted by Gasteiger charge is 2.10. The van der Waals surface area contributed by atoms with Crippen molar-refractivity contribution in [2.24, 2.45) is 5.92 Å². The molecule has 0 aliphatic carbocycles. The van der Waals surface area contributed by atoms with Gasteiger partial charge in [0.2, 0.25) is 0 Å². The van der Waals surface area contributed by atoms with Crippen LogP contribution in [-0.2, 0) is 9.78 Å². The van der Waals surface area contributed by atoms with Crippen LogP contribution in [0, 0.1) is 5.92 Å². The molecule has 0 aromatic carbocycles. The second-order valence-corrected chi connectivity index (χ2v) is 6.93. The van der Waals surface area contributed by atoms with E-state index in [1.165, 1.54) is 0 Å². The number of aliphatic hydroxyl groups excluding tert-OH is 2. The van der Waals surface area contributed by atoms with Crippen LogP contribution in [0.25, 0.3) is 0 Å². The SMILES string of the molecule is CC/C=C\C/C=C\C/C=C\C/C=C\C/C=C\CCC(CC)COOC(CO)CO. The highest BCUT2D eigenvalue weighted by Crippen LogP contribution is 2.13. The molecule has 4 nitrogen and oxygen atoms in total. The average Bonchev–Trinajstić information content (AvgIpc) is 2.75. The van der Waals surface area contributed by atoms with Crippen LogP contribution < -0.4 is 0 Å². The first-order chi connectivity index (χ1) is 14.3. The summed E-state index contributed by atoms with van der Waals surface area (Å²) in [5, 5.41) is 17.8. The van der Waals surface area contributed by atoms with Crippen molar-refractivity contribution >= 4 is 0 Å². The topological polar surface area (TPSA) is 58.9 Å². The van der Waals surface area contributed by atoms with Crippen molar-refractivity contribution in [3.05, 3.63) is 60.8 Å². The lowest BCUT2D eigenvalue weighted by Gasteiger charge is -2.16. The van der Waals surface area contributed by atoms with Gasteiger partial charge in [-0.05, 0) is 50.9 Å². The molecule has 166 valence electrons. The molecule has 1 atom stereocenters. The van der Waals surface area contributed by atoms with Crippen LogP contribution in [-0.4, -0.2) is 36.1 Å². The highest BCUT2D eigenvalue weighted by molar-refractivity contribution is 5.00. The predicted molar refractivity (Wildman–Crippen MR) is 122 cm³/mol. The lowest BCUT2D eigenvalue weighted by Crippen LogP contribution is -2.23. The van der Waals surface area contributed by atoms with E-state index in [-0.39, 0.29) is 13.2 Å². The minimum Gasteiger partial charge on any atom is -0.393 e. The monoisotopic (exact) mass is 406 g/mol. The quantitative estimate of drug-likeness (QED) is 0.161. The lowest BCUT2D eigenvalue weighted by atomic mass is 10.0. The molecule has 0 spiro atoms. The molecule has 1 unspecified atom stereocenters. The molecule has 0 saturated carbocycles. The molecule has 0 saturated heterocycles. The minimum atomic E-state index is -0.654. The van der Waals surface area contributed by atoms with E-state index in [9.17, 15) is 0 Å². The molecular formula is C25H42O4. The third-order valence-corrected chi connectivity index (χ3v) is 4.39.